The van der Waals surface area contributed by atoms with Crippen LogP contribution in [0.25, 0.3) is 11.2 Å². The van der Waals surface area contributed by atoms with Gasteiger partial charge in [0.2, 0.25) is 16.9 Å². The van der Waals surface area contributed by atoms with E-state index < -0.39 is 90.5 Å². The average Bonchev–Trinajstić information content (AvgIpc) is 3.77. The van der Waals surface area contributed by atoms with Crippen molar-refractivity contribution in [2.75, 3.05) is 37.8 Å². The number of nitrogens with two attached hydrogens (primary N) is 1. The van der Waals surface area contributed by atoms with Crippen LogP contribution in [0.5, 0.6) is 0 Å². The van der Waals surface area contributed by atoms with Gasteiger partial charge in [0, 0.05) is 37.1 Å². The van der Waals surface area contributed by atoms with Crippen molar-refractivity contribution < 1.29 is 90.4 Å². The number of nitrogens with zero attached hydrogens (tertiary/aromatic N) is 4. The average molecular weight is 1010 g/mol. The summed E-state index contributed by atoms with van der Waals surface area (Å²) >= 11 is 1.03. The Balaban J connectivity index is 1.34. The number of hydrogen-bond acceptors (Lipinski definition) is 19. The molecule has 26 nitrogen and oxygen atoms in total. The first-order chi connectivity index (χ1) is 30.4. The molecule has 7 atom stereocenters. The quantitative estimate of drug-likeness (QED) is 0.0294. The first-order valence-electron chi connectivity index (χ1n) is 20.4. The number of phosphoric acid groups is 3. The van der Waals surface area contributed by atoms with Crippen LogP contribution < -0.4 is 16.4 Å². The number of aliphatic carboxylic acids is 1. The van der Waals surface area contributed by atoms with Gasteiger partial charge in [-0.25, -0.2) is 28.6 Å². The molecule has 2 aromatic heterocycles. The maximum Gasteiger partial charge on any atom is 0.481 e. The fourth-order valence-corrected chi connectivity index (χ4v) is 9.54. The number of carboxylic acids is 1. The minimum atomic E-state index is -5.59. The zero-order chi connectivity index (χ0) is 48.4. The molecule has 1 saturated heterocycles. The third-order valence-electron chi connectivity index (χ3n) is 9.51. The summed E-state index contributed by atoms with van der Waals surface area (Å²) in [4.78, 5) is 98.5. The Hall–Kier alpha value is -3.23. The van der Waals surface area contributed by atoms with Crippen LogP contribution in [0.15, 0.2) is 24.8 Å². The largest absolute Gasteiger partial charge is 0.481 e. The molecule has 1 fully saturated rings. The summed E-state index contributed by atoms with van der Waals surface area (Å²) in [5.74, 6) is -1.94. The Labute approximate surface area is 377 Å². The van der Waals surface area contributed by atoms with Gasteiger partial charge >= 0.3 is 29.4 Å². The van der Waals surface area contributed by atoms with Crippen LogP contribution in [0, 0.1) is 5.41 Å². The number of anilines is 1. The topological polar surface area (TPSA) is 401 Å². The maximum atomic E-state index is 12.7. The molecule has 30 heteroatoms. The number of hydrogen-bond donors (Lipinski definition) is 10. The third-order valence-corrected chi connectivity index (χ3v) is 13.4. The molecule has 0 spiro atoms. The lowest BCUT2D eigenvalue weighted by atomic mass is 9.87. The number of unbranched alkanes of at least 4 members (excludes halogenated alkanes) is 8. The summed E-state index contributed by atoms with van der Waals surface area (Å²) in [6.45, 7) is 0.422. The standard InChI is InChI=1S/C35H58N7O19P3S/c1-35(2,30(48)33(49)38-16-15-24(43)37-17-18-65-26(46)14-12-10-8-6-4-3-5-7-9-11-13-25(44)45)20-58-64(55,56)61-63(53,54)57-19-23-29(60-62(50,51)52)28(47)34(59-23)42-22-41-27-31(36)39-21-40-32(27)42/h12,14,21-23,28-30,34,47-48H,3-11,13,15-20H2,1-2H3,(H,37,43)(H,38,49)(H,44,45)(H,53,54)(H,55,56)(H2,36,39,40)(H2,50,51,52)/b14-12+/t23-,28-,29-,30+,34-/m1/s1. The highest BCUT2D eigenvalue weighted by Gasteiger charge is 2.50. The van der Waals surface area contributed by atoms with Gasteiger partial charge in [0.1, 0.15) is 36.3 Å². The second-order valence-electron chi connectivity index (χ2n) is 15.4. The van der Waals surface area contributed by atoms with Crippen molar-refractivity contribution in [3.8, 4) is 0 Å². The smallest absolute Gasteiger partial charge is 0.481 e. The molecule has 2 unspecified atom stereocenters. The van der Waals surface area contributed by atoms with Crippen LogP contribution in [0.1, 0.15) is 90.7 Å². The van der Waals surface area contributed by atoms with Crippen molar-refractivity contribution in [2.45, 2.75) is 115 Å². The number of nitrogens with one attached hydrogen (secondary N) is 2. The Morgan fingerprint density at radius 2 is 1.58 bits per heavy atom. The lowest BCUT2D eigenvalue weighted by Crippen LogP contribution is -2.46. The van der Waals surface area contributed by atoms with E-state index in [1.807, 2.05) is 6.08 Å². The molecule has 0 radical (unpaired) electrons. The molecule has 0 bridgehead atoms. The molecule has 368 valence electrons. The highest BCUT2D eigenvalue weighted by atomic mass is 32.2. The highest BCUT2D eigenvalue weighted by Crippen LogP contribution is 2.61. The van der Waals surface area contributed by atoms with Crippen molar-refractivity contribution in [1.29, 1.82) is 0 Å². The summed E-state index contributed by atoms with van der Waals surface area (Å²) < 4.78 is 62.3. The van der Waals surface area contributed by atoms with Crippen molar-refractivity contribution >= 4 is 75.1 Å². The monoisotopic (exact) mass is 1010 g/mol. The number of amides is 2. The fraction of sp³-hybridized carbons (Fsp3) is 0.686. The molecular formula is C35H58N7O19P3S. The van der Waals surface area contributed by atoms with E-state index in [2.05, 4.69) is 34.4 Å². The maximum absolute atomic E-state index is 12.7. The van der Waals surface area contributed by atoms with Crippen LogP contribution in [-0.4, -0.2) is 134 Å². The van der Waals surface area contributed by atoms with Crippen molar-refractivity contribution in [1.82, 2.24) is 30.2 Å². The number of allylic oxidation sites excluding steroid dienone is 1. The van der Waals surface area contributed by atoms with E-state index >= 15 is 0 Å². The van der Waals surface area contributed by atoms with E-state index in [0.29, 0.717) is 12.2 Å². The third kappa shape index (κ3) is 20.3. The van der Waals surface area contributed by atoms with Crippen molar-refractivity contribution in [2.24, 2.45) is 5.41 Å². The first kappa shape index (κ1) is 56.1. The van der Waals surface area contributed by atoms with Gasteiger partial charge in [0.05, 0.1) is 19.5 Å². The van der Waals surface area contributed by atoms with Crippen LogP contribution in [0.3, 0.4) is 0 Å². The van der Waals surface area contributed by atoms with Gasteiger partial charge in [0.15, 0.2) is 17.7 Å². The summed E-state index contributed by atoms with van der Waals surface area (Å²) in [5, 5.41) is 35.0. The second-order valence-corrected chi connectivity index (χ2v) is 20.7. The molecular weight excluding hydrogens is 947 g/mol. The molecule has 1 aliphatic heterocycles. The van der Waals surface area contributed by atoms with Gasteiger partial charge < -0.3 is 56.0 Å². The lowest BCUT2D eigenvalue weighted by Gasteiger charge is -2.30. The molecule has 3 heterocycles. The second kappa shape index (κ2) is 26.3. The molecule has 1 aliphatic rings. The van der Waals surface area contributed by atoms with Gasteiger partial charge in [-0.15, -0.1) is 0 Å². The minimum Gasteiger partial charge on any atom is -0.481 e. The van der Waals surface area contributed by atoms with E-state index in [4.69, 9.17) is 24.6 Å². The Morgan fingerprint density at radius 1 is 0.938 bits per heavy atom. The number of fused-ring (bicyclic) bond motifs is 1. The van der Waals surface area contributed by atoms with Crippen LogP contribution >= 0.6 is 35.2 Å². The van der Waals surface area contributed by atoms with Gasteiger partial charge in [0.25, 0.3) is 0 Å². The number of aliphatic hydroxyl groups is 2. The number of phosphoric ester groups is 3. The molecule has 3 rings (SSSR count). The highest BCUT2D eigenvalue weighted by molar-refractivity contribution is 8.14. The van der Waals surface area contributed by atoms with Gasteiger partial charge in [-0.2, -0.15) is 4.31 Å². The SMILES string of the molecule is CC(C)(COP(=O)(O)OP(=O)(O)OC[C@H]1O[C@@H](n2cnc3c(N)ncnc32)[C@H](O)[C@@H]1OP(=O)(O)O)[C@@H](O)C(=O)NCCC(=O)NCCSC(=O)/C=C/CCCCCCCCCCC(=O)O. The number of nitrogen functional groups attached to an aromatic ring is 1. The number of aliphatic hydroxyl groups excluding tert-OH is 2. The zero-order valence-electron chi connectivity index (χ0n) is 35.7. The summed E-state index contributed by atoms with van der Waals surface area (Å²) in [7, 11) is -16.4. The lowest BCUT2D eigenvalue weighted by molar-refractivity contribution is -0.137. The Kier molecular flexibility index (Phi) is 22.7. The number of thioether (sulfide) groups is 1. The fourth-order valence-electron chi connectivity index (χ4n) is 6.11. The van der Waals surface area contributed by atoms with Gasteiger partial charge in [-0.05, 0) is 25.3 Å². The molecule has 0 aliphatic carbocycles. The molecule has 2 amide bonds. The number of carboxylic acid groups (broad SMARTS) is 1. The predicted molar refractivity (Wildman–Crippen MR) is 230 cm³/mol. The summed E-state index contributed by atoms with van der Waals surface area (Å²) in [5.41, 5.74) is 4.25. The van der Waals surface area contributed by atoms with E-state index in [-0.39, 0.29) is 48.0 Å². The number of aromatic nitrogens is 4. The number of rotatable bonds is 31. The Bertz CT molecular complexity index is 2070. The zero-order valence-corrected chi connectivity index (χ0v) is 39.2. The van der Waals surface area contributed by atoms with E-state index in [1.54, 1.807) is 0 Å². The molecule has 65 heavy (non-hydrogen) atoms. The minimum absolute atomic E-state index is 0.0255. The predicted octanol–water partition coefficient (Wildman–Crippen LogP) is 2.21. The Morgan fingerprint density at radius 3 is 2.25 bits per heavy atom. The summed E-state index contributed by atoms with van der Waals surface area (Å²) in [6, 6.07) is 0. The van der Waals surface area contributed by atoms with Crippen molar-refractivity contribution in [3.63, 3.8) is 0 Å². The van der Waals surface area contributed by atoms with Gasteiger partial charge in [-0.3, -0.25) is 37.3 Å². The van der Waals surface area contributed by atoms with Crippen LogP contribution in [0.4, 0.5) is 5.82 Å². The molecule has 11 N–H and O–H groups in total. The van der Waals surface area contributed by atoms with Crippen molar-refractivity contribution in [3.05, 3.63) is 24.8 Å². The van der Waals surface area contributed by atoms with Gasteiger partial charge in [-0.1, -0.05) is 70.2 Å². The number of imidazole rings is 1. The molecule has 0 aromatic carbocycles. The molecule has 0 saturated carbocycles. The van der Waals surface area contributed by atoms with E-state index in [9.17, 15) is 62.7 Å². The number of carbonyl (C=O) groups is 4. The van der Waals surface area contributed by atoms with Crippen LogP contribution in [-0.2, 0) is 55.5 Å². The van der Waals surface area contributed by atoms with Crippen LogP contribution in [0.2, 0.25) is 0 Å². The first-order valence-corrected chi connectivity index (χ1v) is 25.9. The molecule has 2 aromatic rings. The van der Waals surface area contributed by atoms with E-state index in [1.165, 1.54) is 19.9 Å². The normalized spacial score (nSPS) is 20.4. The summed E-state index contributed by atoms with van der Waals surface area (Å²) in [6.07, 6.45) is 5.23. The number of carbonyl (C=O) groups excluding carboxylic acids is 3. The van der Waals surface area contributed by atoms with E-state index in [0.717, 1.165) is 80.4 Å². The number of ether oxygens (including phenoxy) is 1.